The summed E-state index contributed by atoms with van der Waals surface area (Å²) in [6.07, 6.45) is -3.66. The van der Waals surface area contributed by atoms with E-state index in [9.17, 15) is 17.6 Å². The number of pyridine rings is 1. The first kappa shape index (κ1) is 17.9. The van der Waals surface area contributed by atoms with E-state index in [4.69, 9.17) is 28.0 Å². The number of nitrogens with zero attached hydrogens (tertiary/aromatic N) is 2. The molecule has 25 heavy (non-hydrogen) atoms. The van der Waals surface area contributed by atoms with Crippen molar-refractivity contribution in [3.8, 4) is 11.3 Å². The van der Waals surface area contributed by atoms with Crippen LogP contribution in [0.5, 0.6) is 0 Å². The maximum atomic E-state index is 14.3. The summed E-state index contributed by atoms with van der Waals surface area (Å²) < 4.78 is 52.5. The number of benzene rings is 1. The zero-order chi connectivity index (χ0) is 18.4. The molecule has 1 aromatic heterocycles. The molecule has 0 amide bonds. The minimum absolute atomic E-state index is 0.0691. The first-order valence-electron chi connectivity index (χ1n) is 7.12. The minimum Gasteiger partial charge on any atom is -0.392 e. The smallest absolute Gasteiger partial charge is 0.392 e. The van der Waals surface area contributed by atoms with E-state index >= 15 is 0 Å². The molecule has 2 aromatic rings. The zero-order valence-corrected chi connectivity index (χ0v) is 14.2. The summed E-state index contributed by atoms with van der Waals surface area (Å²) in [6.45, 7) is 1.81. The Bertz CT molecular complexity index is 868. The predicted molar refractivity (Wildman–Crippen MR) is 86.4 cm³/mol. The van der Waals surface area contributed by atoms with E-state index in [-0.39, 0.29) is 27.4 Å². The number of halogens is 6. The maximum absolute atomic E-state index is 14.3. The van der Waals surface area contributed by atoms with Crippen LogP contribution >= 0.6 is 23.2 Å². The standard InChI is InChI=1S/C16H10Cl2F4N2O/c1-7-2-14(24-25-7)9-4-10(13(19)5-11(9)17)15-12(18)3-8(6-23-15)16(20,21)22/h3-7H,2H2,1H3. The van der Waals surface area contributed by atoms with Crippen LogP contribution in [0.1, 0.15) is 24.5 Å². The summed E-state index contributed by atoms with van der Waals surface area (Å²) in [6, 6.07) is 3.11. The Morgan fingerprint density at radius 3 is 2.40 bits per heavy atom. The molecule has 9 heteroatoms. The van der Waals surface area contributed by atoms with Gasteiger partial charge in [0.15, 0.2) is 0 Å². The molecular weight excluding hydrogens is 383 g/mol. The van der Waals surface area contributed by atoms with Gasteiger partial charge >= 0.3 is 6.18 Å². The number of alkyl halides is 3. The predicted octanol–water partition coefficient (Wildman–Crippen LogP) is 5.73. The fourth-order valence-corrected chi connectivity index (χ4v) is 2.93. The highest BCUT2D eigenvalue weighted by molar-refractivity contribution is 6.35. The fraction of sp³-hybridized carbons (Fsp3) is 0.250. The number of oxime groups is 1. The summed E-state index contributed by atoms with van der Waals surface area (Å²) in [5, 5.41) is 3.68. The molecule has 0 spiro atoms. The van der Waals surface area contributed by atoms with Gasteiger partial charge in [0.2, 0.25) is 0 Å². The topological polar surface area (TPSA) is 34.5 Å². The maximum Gasteiger partial charge on any atom is 0.417 e. The van der Waals surface area contributed by atoms with Gasteiger partial charge in [-0.3, -0.25) is 4.98 Å². The molecule has 0 N–H and O–H groups in total. The number of rotatable bonds is 2. The van der Waals surface area contributed by atoms with Gasteiger partial charge < -0.3 is 4.84 Å². The average Bonchev–Trinajstić information content (AvgIpc) is 2.93. The van der Waals surface area contributed by atoms with Crippen LogP contribution < -0.4 is 0 Å². The van der Waals surface area contributed by atoms with Crippen molar-refractivity contribution in [1.82, 2.24) is 4.98 Å². The molecule has 1 unspecified atom stereocenters. The highest BCUT2D eigenvalue weighted by Crippen LogP contribution is 2.36. The van der Waals surface area contributed by atoms with Crippen molar-refractivity contribution >= 4 is 28.9 Å². The second-order valence-electron chi connectivity index (χ2n) is 5.52. The van der Waals surface area contributed by atoms with Crippen molar-refractivity contribution < 1.29 is 22.4 Å². The van der Waals surface area contributed by atoms with Gasteiger partial charge in [-0.2, -0.15) is 13.2 Å². The molecule has 0 fully saturated rings. The van der Waals surface area contributed by atoms with E-state index in [1.807, 2.05) is 6.92 Å². The van der Waals surface area contributed by atoms with Gasteiger partial charge in [-0.05, 0) is 25.1 Å². The second-order valence-corrected chi connectivity index (χ2v) is 6.34. The number of aromatic nitrogens is 1. The molecule has 132 valence electrons. The van der Waals surface area contributed by atoms with Gasteiger partial charge in [0.1, 0.15) is 11.9 Å². The molecule has 0 bridgehead atoms. The van der Waals surface area contributed by atoms with Crippen LogP contribution in [-0.4, -0.2) is 16.8 Å². The van der Waals surface area contributed by atoms with Crippen molar-refractivity contribution in [2.24, 2.45) is 5.16 Å². The quantitative estimate of drug-likeness (QED) is 0.611. The number of hydrogen-bond donors (Lipinski definition) is 0. The van der Waals surface area contributed by atoms with E-state index in [0.29, 0.717) is 30.0 Å². The lowest BCUT2D eigenvalue weighted by Gasteiger charge is -2.12. The summed E-state index contributed by atoms with van der Waals surface area (Å²) in [5.41, 5.74) is -0.266. The van der Waals surface area contributed by atoms with Crippen LogP contribution in [-0.2, 0) is 11.0 Å². The van der Waals surface area contributed by atoms with E-state index < -0.39 is 17.6 Å². The summed E-state index contributed by atoms with van der Waals surface area (Å²) in [4.78, 5) is 8.78. The van der Waals surface area contributed by atoms with Gasteiger partial charge in [0, 0.05) is 23.7 Å². The van der Waals surface area contributed by atoms with E-state index in [1.54, 1.807) is 0 Å². The van der Waals surface area contributed by atoms with Gasteiger partial charge in [0.05, 0.1) is 27.0 Å². The third-order valence-electron chi connectivity index (χ3n) is 3.61. The largest absolute Gasteiger partial charge is 0.417 e. The second kappa shape index (κ2) is 6.46. The van der Waals surface area contributed by atoms with Gasteiger partial charge in [-0.15, -0.1) is 0 Å². The summed E-state index contributed by atoms with van der Waals surface area (Å²) >= 11 is 12.0. The first-order valence-corrected chi connectivity index (χ1v) is 7.87. The Balaban J connectivity index is 2.09. The first-order chi connectivity index (χ1) is 11.7. The third kappa shape index (κ3) is 3.57. The van der Waals surface area contributed by atoms with Crippen LogP contribution in [0.3, 0.4) is 0 Å². The third-order valence-corrected chi connectivity index (χ3v) is 4.22. The SMILES string of the molecule is CC1CC(c2cc(-c3ncc(C(F)(F)F)cc3Cl)c(F)cc2Cl)=NO1. The fourth-order valence-electron chi connectivity index (χ4n) is 2.40. The van der Waals surface area contributed by atoms with E-state index in [2.05, 4.69) is 10.1 Å². The van der Waals surface area contributed by atoms with Crippen LogP contribution in [0.15, 0.2) is 29.6 Å². The van der Waals surface area contributed by atoms with Crippen LogP contribution in [0.25, 0.3) is 11.3 Å². The molecule has 3 rings (SSSR count). The van der Waals surface area contributed by atoms with Gasteiger partial charge in [0.25, 0.3) is 0 Å². The zero-order valence-electron chi connectivity index (χ0n) is 12.7. The Kier molecular flexibility index (Phi) is 4.64. The molecule has 0 radical (unpaired) electrons. The molecule has 1 aliphatic rings. The molecule has 1 aromatic carbocycles. The molecular formula is C16H10Cl2F4N2O. The normalized spacial score (nSPS) is 17.4. The molecule has 0 aliphatic carbocycles. The molecule has 1 aliphatic heterocycles. The molecule has 2 heterocycles. The van der Waals surface area contributed by atoms with Crippen LogP contribution in [0.4, 0.5) is 17.6 Å². The monoisotopic (exact) mass is 392 g/mol. The highest BCUT2D eigenvalue weighted by Gasteiger charge is 2.32. The van der Waals surface area contributed by atoms with Gasteiger partial charge in [-0.1, -0.05) is 28.4 Å². The summed E-state index contributed by atoms with van der Waals surface area (Å²) in [7, 11) is 0. The average molecular weight is 393 g/mol. The molecule has 1 atom stereocenters. The Hall–Kier alpha value is -1.86. The highest BCUT2D eigenvalue weighted by atomic mass is 35.5. The van der Waals surface area contributed by atoms with Gasteiger partial charge in [-0.25, -0.2) is 4.39 Å². The van der Waals surface area contributed by atoms with E-state index in [0.717, 1.165) is 6.07 Å². The van der Waals surface area contributed by atoms with Crippen molar-refractivity contribution in [2.75, 3.05) is 0 Å². The van der Waals surface area contributed by atoms with Crippen LogP contribution in [0, 0.1) is 5.82 Å². The molecule has 3 nitrogen and oxygen atoms in total. The van der Waals surface area contributed by atoms with Crippen molar-refractivity contribution in [2.45, 2.75) is 25.6 Å². The minimum atomic E-state index is -4.59. The lowest BCUT2D eigenvalue weighted by Crippen LogP contribution is -2.07. The lowest BCUT2D eigenvalue weighted by molar-refractivity contribution is -0.137. The Labute approximate surface area is 150 Å². The van der Waals surface area contributed by atoms with Crippen molar-refractivity contribution in [3.05, 3.63) is 51.4 Å². The lowest BCUT2D eigenvalue weighted by atomic mass is 10.0. The molecule has 0 saturated heterocycles. The van der Waals surface area contributed by atoms with Crippen molar-refractivity contribution in [1.29, 1.82) is 0 Å². The Morgan fingerprint density at radius 1 is 1.12 bits per heavy atom. The summed E-state index contributed by atoms with van der Waals surface area (Å²) in [5.74, 6) is -0.754. The van der Waals surface area contributed by atoms with Crippen LogP contribution in [0.2, 0.25) is 10.0 Å². The Morgan fingerprint density at radius 2 is 1.84 bits per heavy atom. The number of hydrogen-bond acceptors (Lipinski definition) is 3. The van der Waals surface area contributed by atoms with Crippen molar-refractivity contribution in [3.63, 3.8) is 0 Å². The molecule has 0 saturated carbocycles. The van der Waals surface area contributed by atoms with E-state index in [1.165, 1.54) is 6.07 Å².